The summed E-state index contributed by atoms with van der Waals surface area (Å²) in [5, 5.41) is 3.26. The van der Waals surface area contributed by atoms with Gasteiger partial charge in [-0.1, -0.05) is 6.92 Å². The largest absolute Gasteiger partial charge is 0.319 e. The number of rotatable bonds is 3. The van der Waals surface area contributed by atoms with Crippen LogP contribution >= 0.6 is 0 Å². The second-order valence-electron chi connectivity index (χ2n) is 4.22. The Morgan fingerprint density at radius 3 is 2.87 bits per heavy atom. The Labute approximate surface area is 91.3 Å². The molecule has 1 heterocycles. The second kappa shape index (κ2) is 4.27. The molecule has 1 aromatic rings. The third kappa shape index (κ3) is 1.88. The maximum absolute atomic E-state index is 4.56. The van der Waals surface area contributed by atoms with Gasteiger partial charge in [-0.25, -0.2) is 9.97 Å². The molecule has 3 heteroatoms. The van der Waals surface area contributed by atoms with Crippen LogP contribution in [0.5, 0.6) is 0 Å². The molecule has 0 amide bonds. The predicted molar refractivity (Wildman–Crippen MR) is 61.1 cm³/mol. The van der Waals surface area contributed by atoms with E-state index in [0.29, 0.717) is 5.92 Å². The Bertz CT molecular complexity index is 360. The summed E-state index contributed by atoms with van der Waals surface area (Å²) >= 11 is 0. The van der Waals surface area contributed by atoms with Gasteiger partial charge in [-0.2, -0.15) is 0 Å². The van der Waals surface area contributed by atoms with Gasteiger partial charge in [-0.05, 0) is 38.8 Å². The molecular weight excluding hydrogens is 186 g/mol. The zero-order chi connectivity index (χ0) is 10.8. The molecule has 1 N–H and O–H groups in total. The standard InChI is InChI=1S/C12H19N3/c1-4-10-12-9(7-13-3)5-6-11(12)15-8(2)14-10/h9,13H,4-7H2,1-3H3. The van der Waals surface area contributed by atoms with E-state index in [9.17, 15) is 0 Å². The van der Waals surface area contributed by atoms with Gasteiger partial charge in [0.1, 0.15) is 5.82 Å². The van der Waals surface area contributed by atoms with Gasteiger partial charge in [0.25, 0.3) is 0 Å². The normalized spacial score (nSPS) is 19.3. The lowest BCUT2D eigenvalue weighted by atomic mass is 10.00. The minimum absolute atomic E-state index is 0.626. The minimum atomic E-state index is 0.626. The summed E-state index contributed by atoms with van der Waals surface area (Å²) in [5.41, 5.74) is 3.98. The lowest BCUT2D eigenvalue weighted by molar-refractivity contribution is 0.617. The van der Waals surface area contributed by atoms with Crippen molar-refractivity contribution in [1.82, 2.24) is 15.3 Å². The summed E-state index contributed by atoms with van der Waals surface area (Å²) in [5.74, 6) is 1.55. The van der Waals surface area contributed by atoms with Crippen molar-refractivity contribution in [2.45, 2.75) is 39.0 Å². The van der Waals surface area contributed by atoms with Crippen molar-refractivity contribution in [3.8, 4) is 0 Å². The molecular formula is C12H19N3. The topological polar surface area (TPSA) is 37.8 Å². The van der Waals surface area contributed by atoms with Gasteiger partial charge in [-0.15, -0.1) is 0 Å². The summed E-state index contributed by atoms with van der Waals surface area (Å²) in [6.07, 6.45) is 3.37. The Morgan fingerprint density at radius 1 is 1.40 bits per heavy atom. The molecule has 0 fully saturated rings. The fourth-order valence-electron chi connectivity index (χ4n) is 2.54. The smallest absolute Gasteiger partial charge is 0.125 e. The lowest BCUT2D eigenvalue weighted by Gasteiger charge is -2.13. The van der Waals surface area contributed by atoms with Crippen LogP contribution in [-0.4, -0.2) is 23.6 Å². The molecule has 1 unspecified atom stereocenters. The third-order valence-corrected chi connectivity index (χ3v) is 3.14. The summed E-state index contributed by atoms with van der Waals surface area (Å²) in [6.45, 7) is 5.22. The molecule has 2 rings (SSSR count). The van der Waals surface area contributed by atoms with Crippen molar-refractivity contribution >= 4 is 0 Å². The van der Waals surface area contributed by atoms with Crippen LogP contribution in [0.4, 0.5) is 0 Å². The first-order chi connectivity index (χ1) is 7.26. The summed E-state index contributed by atoms with van der Waals surface area (Å²) in [6, 6.07) is 0. The fourth-order valence-corrected chi connectivity index (χ4v) is 2.54. The molecule has 1 aliphatic carbocycles. The molecule has 0 saturated heterocycles. The number of likely N-dealkylation sites (N-methyl/N-ethyl adjacent to an activating group) is 1. The van der Waals surface area contributed by atoms with Crippen molar-refractivity contribution in [3.05, 3.63) is 22.8 Å². The van der Waals surface area contributed by atoms with E-state index in [4.69, 9.17) is 0 Å². The number of aryl methyl sites for hydroxylation is 3. The molecule has 82 valence electrons. The van der Waals surface area contributed by atoms with E-state index in [1.807, 2.05) is 14.0 Å². The van der Waals surface area contributed by atoms with Gasteiger partial charge in [-0.3, -0.25) is 0 Å². The van der Waals surface area contributed by atoms with Crippen molar-refractivity contribution in [1.29, 1.82) is 0 Å². The van der Waals surface area contributed by atoms with Crippen molar-refractivity contribution in [2.75, 3.05) is 13.6 Å². The Morgan fingerprint density at radius 2 is 2.20 bits per heavy atom. The average molecular weight is 205 g/mol. The molecule has 1 aliphatic rings. The van der Waals surface area contributed by atoms with Crippen molar-refractivity contribution in [2.24, 2.45) is 0 Å². The minimum Gasteiger partial charge on any atom is -0.319 e. The van der Waals surface area contributed by atoms with E-state index >= 15 is 0 Å². The monoisotopic (exact) mass is 205 g/mol. The second-order valence-corrected chi connectivity index (χ2v) is 4.22. The number of nitrogens with one attached hydrogen (secondary N) is 1. The van der Waals surface area contributed by atoms with E-state index < -0.39 is 0 Å². The van der Waals surface area contributed by atoms with Gasteiger partial charge >= 0.3 is 0 Å². The highest BCUT2D eigenvalue weighted by atomic mass is 14.9. The van der Waals surface area contributed by atoms with Crippen LogP contribution in [0.15, 0.2) is 0 Å². The summed E-state index contributed by atoms with van der Waals surface area (Å²) in [4.78, 5) is 9.11. The molecule has 0 spiro atoms. The van der Waals surface area contributed by atoms with E-state index in [0.717, 1.165) is 25.2 Å². The summed E-state index contributed by atoms with van der Waals surface area (Å²) in [7, 11) is 2.01. The van der Waals surface area contributed by atoms with Gasteiger partial charge in [0.15, 0.2) is 0 Å². The van der Waals surface area contributed by atoms with Gasteiger partial charge in [0.2, 0.25) is 0 Å². The molecule has 0 bridgehead atoms. The Balaban J connectivity index is 2.41. The number of hydrogen-bond acceptors (Lipinski definition) is 3. The van der Waals surface area contributed by atoms with Crippen molar-refractivity contribution < 1.29 is 0 Å². The van der Waals surface area contributed by atoms with Gasteiger partial charge in [0, 0.05) is 23.9 Å². The number of hydrogen-bond donors (Lipinski definition) is 1. The van der Waals surface area contributed by atoms with E-state index in [1.165, 1.54) is 23.4 Å². The molecule has 15 heavy (non-hydrogen) atoms. The van der Waals surface area contributed by atoms with E-state index in [2.05, 4.69) is 22.2 Å². The zero-order valence-corrected chi connectivity index (χ0v) is 9.80. The highest BCUT2D eigenvalue weighted by molar-refractivity contribution is 5.34. The Kier molecular flexibility index (Phi) is 3.00. The first-order valence-corrected chi connectivity index (χ1v) is 5.77. The van der Waals surface area contributed by atoms with Crippen LogP contribution in [-0.2, 0) is 12.8 Å². The Hall–Kier alpha value is -0.960. The molecule has 1 aromatic heterocycles. The fraction of sp³-hybridized carbons (Fsp3) is 0.667. The van der Waals surface area contributed by atoms with Crippen LogP contribution in [0.25, 0.3) is 0 Å². The van der Waals surface area contributed by atoms with Crippen LogP contribution in [0.3, 0.4) is 0 Å². The van der Waals surface area contributed by atoms with E-state index in [1.54, 1.807) is 0 Å². The SMILES string of the molecule is CCc1nc(C)nc2c1C(CNC)CC2. The van der Waals surface area contributed by atoms with Crippen LogP contribution < -0.4 is 5.32 Å². The molecule has 1 atom stereocenters. The molecule has 0 saturated carbocycles. The van der Waals surface area contributed by atoms with Gasteiger partial charge in [0.05, 0.1) is 0 Å². The quantitative estimate of drug-likeness (QED) is 0.814. The van der Waals surface area contributed by atoms with Crippen LogP contribution in [0.1, 0.15) is 42.0 Å². The van der Waals surface area contributed by atoms with Crippen LogP contribution in [0, 0.1) is 6.92 Å². The predicted octanol–water partition coefficient (Wildman–Crippen LogP) is 1.60. The average Bonchev–Trinajstić information content (AvgIpc) is 2.61. The number of aromatic nitrogens is 2. The first kappa shape index (κ1) is 10.6. The van der Waals surface area contributed by atoms with Gasteiger partial charge < -0.3 is 5.32 Å². The molecule has 0 aromatic carbocycles. The van der Waals surface area contributed by atoms with E-state index in [-0.39, 0.29) is 0 Å². The third-order valence-electron chi connectivity index (χ3n) is 3.14. The lowest BCUT2D eigenvalue weighted by Crippen LogP contribution is -2.17. The number of nitrogens with zero attached hydrogens (tertiary/aromatic N) is 2. The summed E-state index contributed by atoms with van der Waals surface area (Å²) < 4.78 is 0. The zero-order valence-electron chi connectivity index (χ0n) is 9.80. The first-order valence-electron chi connectivity index (χ1n) is 5.77. The molecule has 0 radical (unpaired) electrons. The van der Waals surface area contributed by atoms with Crippen molar-refractivity contribution in [3.63, 3.8) is 0 Å². The highest BCUT2D eigenvalue weighted by Crippen LogP contribution is 2.33. The number of fused-ring (bicyclic) bond motifs is 1. The van der Waals surface area contributed by atoms with Crippen LogP contribution in [0.2, 0.25) is 0 Å². The maximum Gasteiger partial charge on any atom is 0.125 e. The molecule has 0 aliphatic heterocycles. The highest BCUT2D eigenvalue weighted by Gasteiger charge is 2.26. The molecule has 3 nitrogen and oxygen atoms in total. The maximum atomic E-state index is 4.56.